The summed E-state index contributed by atoms with van der Waals surface area (Å²) in [5, 5.41) is 21.6. The van der Waals surface area contributed by atoms with Crippen molar-refractivity contribution in [1.29, 1.82) is 0 Å². The molecule has 0 radical (unpaired) electrons. The average Bonchev–Trinajstić information content (AvgIpc) is 3.02. The maximum absolute atomic E-state index is 5.89. The molecule has 0 unspecified atom stereocenters. The molecule has 2 N–H and O–H groups in total. The van der Waals surface area contributed by atoms with Gasteiger partial charge in [-0.3, -0.25) is 5.10 Å². The lowest BCUT2D eigenvalue weighted by Gasteiger charge is -2.07. The van der Waals surface area contributed by atoms with E-state index in [1.54, 1.807) is 0 Å². The lowest BCUT2D eigenvalue weighted by atomic mass is 10.1. The summed E-state index contributed by atoms with van der Waals surface area (Å²) in [7, 11) is 0. The van der Waals surface area contributed by atoms with Crippen LogP contribution in [0.3, 0.4) is 0 Å². The van der Waals surface area contributed by atoms with E-state index in [0.29, 0.717) is 23.6 Å². The van der Waals surface area contributed by atoms with E-state index in [9.17, 15) is 0 Å². The molecule has 7 nitrogen and oxygen atoms in total. The Labute approximate surface area is 126 Å². The van der Waals surface area contributed by atoms with Crippen molar-refractivity contribution in [2.24, 2.45) is 11.8 Å². The van der Waals surface area contributed by atoms with Gasteiger partial charge in [-0.15, -0.1) is 10.2 Å². The zero-order chi connectivity index (χ0) is 14.5. The smallest absolute Gasteiger partial charge is 0.225 e. The third kappa shape index (κ3) is 1.68. The summed E-state index contributed by atoms with van der Waals surface area (Å²) in [6, 6.07) is 9.97. The highest BCUT2D eigenvalue weighted by molar-refractivity contribution is 5.59. The number of hydrogen-bond donors (Lipinski definition) is 2. The van der Waals surface area contributed by atoms with Crippen molar-refractivity contribution in [3.63, 3.8) is 0 Å². The van der Waals surface area contributed by atoms with Crippen LogP contribution in [0.5, 0.6) is 5.75 Å². The van der Waals surface area contributed by atoms with Crippen LogP contribution in [-0.4, -0.2) is 37.4 Å². The number of nitrogens with zero attached hydrogens (tertiary/aromatic N) is 4. The van der Waals surface area contributed by atoms with Crippen molar-refractivity contribution < 1.29 is 4.74 Å². The topological polar surface area (TPSA) is 92.4 Å². The van der Waals surface area contributed by atoms with Gasteiger partial charge < -0.3 is 4.74 Å². The first-order chi connectivity index (χ1) is 10.9. The molecule has 22 heavy (non-hydrogen) atoms. The highest BCUT2D eigenvalue weighted by atomic mass is 16.5. The highest BCUT2D eigenvalue weighted by Gasteiger charge is 2.58. The molecule has 1 aromatic carbocycles. The Morgan fingerprint density at radius 1 is 1.18 bits per heavy atom. The highest BCUT2D eigenvalue weighted by Crippen LogP contribution is 2.61. The Bertz CT molecular complexity index is 797. The molecule has 1 saturated carbocycles. The van der Waals surface area contributed by atoms with Gasteiger partial charge in [-0.2, -0.15) is 10.3 Å². The van der Waals surface area contributed by atoms with Gasteiger partial charge in [0.2, 0.25) is 5.82 Å². The fourth-order valence-electron chi connectivity index (χ4n) is 3.63. The zero-order valence-corrected chi connectivity index (χ0v) is 11.7. The maximum Gasteiger partial charge on any atom is 0.225 e. The number of para-hydroxylation sites is 1. The number of aromatic amines is 2. The van der Waals surface area contributed by atoms with Gasteiger partial charge in [-0.25, -0.2) is 0 Å². The molecule has 2 aliphatic rings. The number of aromatic nitrogens is 6. The predicted octanol–water partition coefficient (Wildman–Crippen LogP) is 1.55. The average molecular weight is 294 g/mol. The standard InChI is InChI=1S/C15H14N6O/c1-2-4-8(5-3-1)22-7-11-9-6-10-13(12(9)11)16-17-14(10)15-18-20-21-19-15/h1-5,9,11-12H,6-7H2,(H,16,17)(H,18,19,20,21)/t9-,11-,12-/m0/s1. The molecule has 2 aromatic heterocycles. The summed E-state index contributed by atoms with van der Waals surface area (Å²) < 4.78 is 5.89. The monoisotopic (exact) mass is 294 g/mol. The van der Waals surface area contributed by atoms with Crippen molar-refractivity contribution in [3.05, 3.63) is 41.6 Å². The molecule has 3 aromatic rings. The lowest BCUT2D eigenvalue weighted by molar-refractivity contribution is 0.288. The first-order valence-electron chi connectivity index (χ1n) is 7.40. The SMILES string of the molecule is c1ccc(OC[C@H]2[C@@H]3Cc4c(-c5nn[nH]n5)n[nH]c4[C@H]23)cc1. The summed E-state index contributed by atoms with van der Waals surface area (Å²) in [6.45, 7) is 0.759. The van der Waals surface area contributed by atoms with E-state index in [1.807, 2.05) is 30.3 Å². The van der Waals surface area contributed by atoms with Crippen LogP contribution in [0.25, 0.3) is 11.5 Å². The van der Waals surface area contributed by atoms with Crippen LogP contribution in [0.2, 0.25) is 0 Å². The molecule has 0 spiro atoms. The molecule has 7 heteroatoms. The number of benzene rings is 1. The number of fused-ring (bicyclic) bond motifs is 3. The molecule has 110 valence electrons. The van der Waals surface area contributed by atoms with Crippen LogP contribution < -0.4 is 4.74 Å². The van der Waals surface area contributed by atoms with Crippen LogP contribution in [0.1, 0.15) is 17.2 Å². The van der Waals surface area contributed by atoms with Gasteiger partial charge in [0.05, 0.1) is 6.61 Å². The molecule has 0 amide bonds. The normalized spacial score (nSPS) is 24.8. The Hall–Kier alpha value is -2.70. The largest absolute Gasteiger partial charge is 0.493 e. The zero-order valence-electron chi connectivity index (χ0n) is 11.7. The number of tetrazole rings is 1. The van der Waals surface area contributed by atoms with Crippen molar-refractivity contribution in [2.45, 2.75) is 12.3 Å². The molecular formula is C15H14N6O. The molecule has 0 aliphatic heterocycles. The van der Waals surface area contributed by atoms with E-state index >= 15 is 0 Å². The summed E-state index contributed by atoms with van der Waals surface area (Å²) in [5.74, 6) is 3.26. The molecule has 1 fully saturated rings. The Morgan fingerprint density at radius 2 is 2.09 bits per heavy atom. The van der Waals surface area contributed by atoms with Crippen LogP contribution in [0, 0.1) is 11.8 Å². The molecular weight excluding hydrogens is 280 g/mol. The van der Waals surface area contributed by atoms with Gasteiger partial charge in [0.15, 0.2) is 0 Å². The van der Waals surface area contributed by atoms with Gasteiger partial charge in [0, 0.05) is 23.1 Å². The van der Waals surface area contributed by atoms with E-state index in [4.69, 9.17) is 4.74 Å². The van der Waals surface area contributed by atoms with Crippen LogP contribution in [0.15, 0.2) is 30.3 Å². The molecule has 3 atom stereocenters. The first kappa shape index (κ1) is 11.9. The van der Waals surface area contributed by atoms with Gasteiger partial charge in [0.1, 0.15) is 11.4 Å². The van der Waals surface area contributed by atoms with E-state index < -0.39 is 0 Å². The minimum absolute atomic E-state index is 0.534. The Balaban J connectivity index is 1.32. The third-order valence-corrected chi connectivity index (χ3v) is 4.75. The lowest BCUT2D eigenvalue weighted by Crippen LogP contribution is -2.05. The van der Waals surface area contributed by atoms with E-state index in [1.165, 1.54) is 11.3 Å². The van der Waals surface area contributed by atoms with Crippen LogP contribution in [0.4, 0.5) is 0 Å². The molecule has 0 saturated heterocycles. The van der Waals surface area contributed by atoms with Gasteiger partial charge in [-0.1, -0.05) is 18.2 Å². The Morgan fingerprint density at radius 3 is 2.91 bits per heavy atom. The third-order valence-electron chi connectivity index (χ3n) is 4.75. The van der Waals surface area contributed by atoms with Crippen molar-refractivity contribution in [2.75, 3.05) is 6.61 Å². The fourth-order valence-corrected chi connectivity index (χ4v) is 3.63. The van der Waals surface area contributed by atoms with Gasteiger partial charge in [0.25, 0.3) is 0 Å². The van der Waals surface area contributed by atoms with Crippen LogP contribution in [-0.2, 0) is 6.42 Å². The minimum Gasteiger partial charge on any atom is -0.493 e. The second-order valence-corrected chi connectivity index (χ2v) is 5.88. The molecule has 2 aliphatic carbocycles. The number of H-pyrrole nitrogens is 2. The second kappa shape index (κ2) is 4.40. The molecule has 2 heterocycles. The first-order valence-corrected chi connectivity index (χ1v) is 7.40. The van der Waals surface area contributed by atoms with Gasteiger partial charge >= 0.3 is 0 Å². The number of nitrogens with one attached hydrogen (secondary N) is 2. The summed E-state index contributed by atoms with van der Waals surface area (Å²) in [4.78, 5) is 0. The van der Waals surface area contributed by atoms with Crippen molar-refractivity contribution in [1.82, 2.24) is 30.8 Å². The fraction of sp³-hybridized carbons (Fsp3) is 0.333. The van der Waals surface area contributed by atoms with Crippen molar-refractivity contribution >= 4 is 0 Å². The summed E-state index contributed by atoms with van der Waals surface area (Å²) in [5.41, 5.74) is 3.30. The maximum atomic E-state index is 5.89. The molecule has 5 rings (SSSR count). The summed E-state index contributed by atoms with van der Waals surface area (Å²) >= 11 is 0. The summed E-state index contributed by atoms with van der Waals surface area (Å²) in [6.07, 6.45) is 1.02. The van der Waals surface area contributed by atoms with Gasteiger partial charge in [-0.05, 0) is 29.7 Å². The second-order valence-electron chi connectivity index (χ2n) is 5.88. The minimum atomic E-state index is 0.534. The predicted molar refractivity (Wildman–Crippen MR) is 77.1 cm³/mol. The van der Waals surface area contributed by atoms with E-state index in [0.717, 1.165) is 24.5 Å². The van der Waals surface area contributed by atoms with Crippen LogP contribution >= 0.6 is 0 Å². The number of rotatable bonds is 4. The van der Waals surface area contributed by atoms with E-state index in [2.05, 4.69) is 30.8 Å². The number of ether oxygens (including phenoxy) is 1. The Kier molecular flexibility index (Phi) is 2.38. The van der Waals surface area contributed by atoms with E-state index in [-0.39, 0.29) is 0 Å². The molecule has 0 bridgehead atoms. The number of hydrogen-bond acceptors (Lipinski definition) is 5. The van der Waals surface area contributed by atoms with Crippen molar-refractivity contribution in [3.8, 4) is 17.3 Å². The quantitative estimate of drug-likeness (QED) is 0.761.